The Morgan fingerprint density at radius 3 is 3.05 bits per heavy atom. The van der Waals surface area contributed by atoms with Gasteiger partial charge in [-0.1, -0.05) is 0 Å². The van der Waals surface area contributed by atoms with Gasteiger partial charge in [-0.25, -0.2) is 4.39 Å². The fourth-order valence-electron chi connectivity index (χ4n) is 1.61. The molecule has 0 saturated carbocycles. The van der Waals surface area contributed by atoms with Crippen molar-refractivity contribution in [2.75, 3.05) is 24.8 Å². The van der Waals surface area contributed by atoms with Crippen molar-refractivity contribution in [1.82, 2.24) is 9.78 Å². The van der Waals surface area contributed by atoms with Gasteiger partial charge in [0.1, 0.15) is 5.82 Å². The largest absolute Gasteiger partial charge is 0.396 e. The van der Waals surface area contributed by atoms with Crippen molar-refractivity contribution in [2.24, 2.45) is 0 Å². The number of amides is 1. The SMILES string of the molecule is COCCn1cc(NC(=O)c2ccc(N)c(F)c2)cn1. The van der Waals surface area contributed by atoms with E-state index in [4.69, 9.17) is 10.5 Å². The molecule has 3 N–H and O–H groups in total. The highest BCUT2D eigenvalue weighted by atomic mass is 19.1. The maximum atomic E-state index is 13.3. The Hall–Kier alpha value is -2.41. The first-order chi connectivity index (χ1) is 9.60. The zero-order valence-corrected chi connectivity index (χ0v) is 11.0. The summed E-state index contributed by atoms with van der Waals surface area (Å²) in [6, 6.07) is 3.91. The van der Waals surface area contributed by atoms with E-state index in [2.05, 4.69) is 10.4 Å². The molecule has 0 bridgehead atoms. The number of carbonyl (C=O) groups excluding carboxylic acids is 1. The Morgan fingerprint density at radius 1 is 1.55 bits per heavy atom. The van der Waals surface area contributed by atoms with Crippen LogP contribution in [0.5, 0.6) is 0 Å². The van der Waals surface area contributed by atoms with Gasteiger partial charge in [0, 0.05) is 18.9 Å². The first kappa shape index (κ1) is 14.0. The molecule has 0 radical (unpaired) electrons. The number of methoxy groups -OCH3 is 1. The van der Waals surface area contributed by atoms with Crippen LogP contribution in [0, 0.1) is 5.82 Å². The number of anilines is 2. The van der Waals surface area contributed by atoms with Gasteiger partial charge in [0.2, 0.25) is 0 Å². The van der Waals surface area contributed by atoms with Crippen molar-refractivity contribution < 1.29 is 13.9 Å². The predicted octanol–water partition coefficient (Wildman–Crippen LogP) is 1.50. The van der Waals surface area contributed by atoms with Gasteiger partial charge in [-0.05, 0) is 18.2 Å². The minimum Gasteiger partial charge on any atom is -0.396 e. The normalized spacial score (nSPS) is 10.5. The molecule has 1 amide bonds. The summed E-state index contributed by atoms with van der Waals surface area (Å²) in [6.07, 6.45) is 3.19. The maximum Gasteiger partial charge on any atom is 0.255 e. The van der Waals surface area contributed by atoms with Crippen LogP contribution in [0.3, 0.4) is 0 Å². The quantitative estimate of drug-likeness (QED) is 0.812. The Morgan fingerprint density at radius 2 is 2.35 bits per heavy atom. The van der Waals surface area contributed by atoms with E-state index in [1.54, 1.807) is 18.0 Å². The Bertz CT molecular complexity index is 612. The molecule has 1 aromatic heterocycles. The molecule has 0 unspecified atom stereocenters. The number of nitrogens with zero attached hydrogens (tertiary/aromatic N) is 2. The van der Waals surface area contributed by atoms with Crippen LogP contribution in [0.4, 0.5) is 15.8 Å². The maximum absolute atomic E-state index is 13.3. The van der Waals surface area contributed by atoms with Gasteiger partial charge in [0.25, 0.3) is 5.91 Å². The van der Waals surface area contributed by atoms with Crippen molar-refractivity contribution in [2.45, 2.75) is 6.54 Å². The van der Waals surface area contributed by atoms with Crippen molar-refractivity contribution >= 4 is 17.3 Å². The van der Waals surface area contributed by atoms with Crippen molar-refractivity contribution in [3.05, 3.63) is 42.0 Å². The Balaban J connectivity index is 2.03. The van der Waals surface area contributed by atoms with Gasteiger partial charge in [-0.15, -0.1) is 0 Å². The molecule has 0 fully saturated rings. The fraction of sp³-hybridized carbons (Fsp3) is 0.231. The second-order valence-corrected chi connectivity index (χ2v) is 4.18. The number of nitrogen functional groups attached to an aromatic ring is 1. The van der Waals surface area contributed by atoms with Crippen LogP contribution in [-0.2, 0) is 11.3 Å². The number of halogens is 1. The van der Waals surface area contributed by atoms with E-state index in [-0.39, 0.29) is 11.3 Å². The zero-order valence-electron chi connectivity index (χ0n) is 11.0. The van der Waals surface area contributed by atoms with Gasteiger partial charge in [-0.3, -0.25) is 9.48 Å². The zero-order chi connectivity index (χ0) is 14.5. The van der Waals surface area contributed by atoms with Crippen LogP contribution >= 0.6 is 0 Å². The van der Waals surface area contributed by atoms with Gasteiger partial charge in [0.15, 0.2) is 0 Å². The van der Waals surface area contributed by atoms with Gasteiger partial charge >= 0.3 is 0 Å². The van der Waals surface area contributed by atoms with E-state index >= 15 is 0 Å². The average Bonchev–Trinajstić information content (AvgIpc) is 2.87. The number of nitrogens with two attached hydrogens (primary N) is 1. The average molecular weight is 278 g/mol. The summed E-state index contributed by atoms with van der Waals surface area (Å²) < 4.78 is 19.9. The molecule has 106 valence electrons. The highest BCUT2D eigenvalue weighted by molar-refractivity contribution is 6.04. The van der Waals surface area contributed by atoms with Crippen LogP contribution in [0.25, 0.3) is 0 Å². The number of ether oxygens (including phenoxy) is 1. The van der Waals surface area contributed by atoms with E-state index in [0.29, 0.717) is 18.8 Å². The lowest BCUT2D eigenvalue weighted by molar-refractivity contribution is 0.102. The third-order valence-corrected chi connectivity index (χ3v) is 2.68. The van der Waals surface area contributed by atoms with Crippen molar-refractivity contribution in [1.29, 1.82) is 0 Å². The highest BCUT2D eigenvalue weighted by Gasteiger charge is 2.09. The predicted molar refractivity (Wildman–Crippen MR) is 72.9 cm³/mol. The monoisotopic (exact) mass is 278 g/mol. The lowest BCUT2D eigenvalue weighted by Gasteiger charge is -2.04. The number of rotatable bonds is 5. The van der Waals surface area contributed by atoms with E-state index in [0.717, 1.165) is 6.07 Å². The van der Waals surface area contributed by atoms with Crippen LogP contribution < -0.4 is 11.1 Å². The van der Waals surface area contributed by atoms with Crippen LogP contribution in [-0.4, -0.2) is 29.4 Å². The van der Waals surface area contributed by atoms with E-state index in [1.165, 1.54) is 18.3 Å². The molecule has 1 aromatic carbocycles. The number of benzene rings is 1. The number of nitrogens with one attached hydrogen (secondary N) is 1. The molecule has 0 aliphatic rings. The molecular formula is C13H15FN4O2. The van der Waals surface area contributed by atoms with E-state index in [9.17, 15) is 9.18 Å². The van der Waals surface area contributed by atoms with Gasteiger partial charge in [0.05, 0.1) is 30.7 Å². The van der Waals surface area contributed by atoms with E-state index in [1.807, 2.05) is 0 Å². The first-order valence-corrected chi connectivity index (χ1v) is 5.98. The lowest BCUT2D eigenvalue weighted by atomic mass is 10.2. The van der Waals surface area contributed by atoms with Crippen LogP contribution in [0.1, 0.15) is 10.4 Å². The molecule has 7 heteroatoms. The second-order valence-electron chi connectivity index (χ2n) is 4.18. The number of carbonyl (C=O) groups is 1. The van der Waals surface area contributed by atoms with Crippen LogP contribution in [0.15, 0.2) is 30.6 Å². The van der Waals surface area contributed by atoms with Crippen molar-refractivity contribution in [3.63, 3.8) is 0 Å². The molecule has 2 rings (SSSR count). The summed E-state index contributed by atoms with van der Waals surface area (Å²) in [6.45, 7) is 1.11. The third-order valence-electron chi connectivity index (χ3n) is 2.68. The topological polar surface area (TPSA) is 82.2 Å². The number of hydrogen-bond acceptors (Lipinski definition) is 4. The summed E-state index contributed by atoms with van der Waals surface area (Å²) in [4.78, 5) is 11.9. The molecular weight excluding hydrogens is 263 g/mol. The summed E-state index contributed by atoms with van der Waals surface area (Å²) >= 11 is 0. The van der Waals surface area contributed by atoms with Gasteiger partial charge < -0.3 is 15.8 Å². The standard InChI is InChI=1S/C13H15FN4O2/c1-20-5-4-18-8-10(7-16-18)17-13(19)9-2-3-12(15)11(14)6-9/h2-3,6-8H,4-5,15H2,1H3,(H,17,19). The summed E-state index contributed by atoms with van der Waals surface area (Å²) in [5.74, 6) is -1.04. The lowest BCUT2D eigenvalue weighted by Crippen LogP contribution is -2.12. The molecule has 0 atom stereocenters. The molecule has 0 spiro atoms. The molecule has 2 aromatic rings. The summed E-state index contributed by atoms with van der Waals surface area (Å²) in [7, 11) is 1.60. The molecule has 0 aliphatic carbocycles. The third kappa shape index (κ3) is 3.33. The smallest absolute Gasteiger partial charge is 0.255 e. The van der Waals surface area contributed by atoms with Gasteiger partial charge in [-0.2, -0.15) is 5.10 Å². The molecule has 20 heavy (non-hydrogen) atoms. The Kier molecular flexibility index (Phi) is 4.31. The summed E-state index contributed by atoms with van der Waals surface area (Å²) in [5.41, 5.74) is 6.09. The van der Waals surface area contributed by atoms with E-state index < -0.39 is 11.7 Å². The van der Waals surface area contributed by atoms with Crippen LogP contribution in [0.2, 0.25) is 0 Å². The second kappa shape index (κ2) is 6.16. The molecule has 0 aliphatic heterocycles. The molecule has 1 heterocycles. The minimum atomic E-state index is -0.617. The number of hydrogen-bond donors (Lipinski definition) is 2. The Labute approximate surface area is 115 Å². The minimum absolute atomic E-state index is 0.00827. The molecule has 6 nitrogen and oxygen atoms in total. The number of aromatic nitrogens is 2. The fourth-order valence-corrected chi connectivity index (χ4v) is 1.61. The summed E-state index contributed by atoms with van der Waals surface area (Å²) in [5, 5.41) is 6.69. The first-order valence-electron chi connectivity index (χ1n) is 5.98. The highest BCUT2D eigenvalue weighted by Crippen LogP contribution is 2.14. The molecule has 0 saturated heterocycles. The van der Waals surface area contributed by atoms with Crippen molar-refractivity contribution in [3.8, 4) is 0 Å².